The maximum absolute atomic E-state index is 13.6. The monoisotopic (exact) mass is 444 g/mol. The van der Waals surface area contributed by atoms with Crippen molar-refractivity contribution in [3.8, 4) is 11.1 Å². The number of aromatic nitrogens is 2. The SMILES string of the molecule is CC(C)c1[nH]nc2c1C(C1=CC=CCC1C(N)=O)N(c1ccc(-c3ccsc3)cc1)C2=O. The largest absolute Gasteiger partial charge is 0.369 e. The number of hydrogen-bond donors (Lipinski definition) is 2. The fourth-order valence-corrected chi connectivity index (χ4v) is 5.30. The maximum Gasteiger partial charge on any atom is 0.279 e. The molecule has 3 N–H and O–H groups in total. The van der Waals surface area contributed by atoms with E-state index in [2.05, 4.69) is 35.5 Å². The van der Waals surface area contributed by atoms with Crippen LogP contribution in [0.5, 0.6) is 0 Å². The van der Waals surface area contributed by atoms with E-state index in [1.54, 1.807) is 16.2 Å². The van der Waals surface area contributed by atoms with Crippen LogP contribution < -0.4 is 10.6 Å². The zero-order valence-corrected chi connectivity index (χ0v) is 18.7. The van der Waals surface area contributed by atoms with Gasteiger partial charge in [0.15, 0.2) is 5.69 Å². The highest BCUT2D eigenvalue weighted by Gasteiger charge is 2.46. The highest BCUT2D eigenvalue weighted by molar-refractivity contribution is 7.08. The Morgan fingerprint density at radius 3 is 2.66 bits per heavy atom. The number of fused-ring (bicyclic) bond motifs is 1. The minimum atomic E-state index is -0.466. The first-order chi connectivity index (χ1) is 15.5. The second-order valence-corrected chi connectivity index (χ2v) is 9.26. The molecule has 7 heteroatoms. The number of thiophene rings is 1. The number of hydrogen-bond acceptors (Lipinski definition) is 4. The van der Waals surface area contributed by atoms with Gasteiger partial charge in [-0.25, -0.2) is 0 Å². The van der Waals surface area contributed by atoms with Gasteiger partial charge in [-0.15, -0.1) is 0 Å². The number of anilines is 1. The molecule has 1 aliphatic heterocycles. The topological polar surface area (TPSA) is 92.1 Å². The van der Waals surface area contributed by atoms with Crippen LogP contribution in [0.15, 0.2) is 64.9 Å². The third kappa shape index (κ3) is 3.20. The molecule has 162 valence electrons. The molecule has 1 aliphatic carbocycles. The zero-order chi connectivity index (χ0) is 22.4. The number of benzene rings is 1. The summed E-state index contributed by atoms with van der Waals surface area (Å²) < 4.78 is 0. The number of carbonyl (C=O) groups is 2. The summed E-state index contributed by atoms with van der Waals surface area (Å²) in [5, 5.41) is 11.6. The predicted octanol–water partition coefficient (Wildman–Crippen LogP) is 4.95. The van der Waals surface area contributed by atoms with Crippen molar-refractivity contribution in [1.82, 2.24) is 10.2 Å². The van der Waals surface area contributed by atoms with Crippen molar-refractivity contribution < 1.29 is 9.59 Å². The number of nitrogens with zero attached hydrogens (tertiary/aromatic N) is 2. The number of primary amides is 1. The smallest absolute Gasteiger partial charge is 0.279 e. The highest BCUT2D eigenvalue weighted by Crippen LogP contribution is 2.47. The highest BCUT2D eigenvalue weighted by atomic mass is 32.1. The number of rotatable bonds is 5. The maximum atomic E-state index is 13.6. The summed E-state index contributed by atoms with van der Waals surface area (Å²) in [7, 11) is 0. The Hall–Kier alpha value is -3.45. The van der Waals surface area contributed by atoms with E-state index in [4.69, 9.17) is 5.73 Å². The van der Waals surface area contributed by atoms with Crippen LogP contribution in [0.3, 0.4) is 0 Å². The molecule has 32 heavy (non-hydrogen) atoms. The second kappa shape index (κ2) is 7.91. The van der Waals surface area contributed by atoms with Gasteiger partial charge in [-0.2, -0.15) is 16.4 Å². The predicted molar refractivity (Wildman–Crippen MR) is 127 cm³/mol. The molecule has 2 unspecified atom stereocenters. The van der Waals surface area contributed by atoms with Crippen molar-refractivity contribution in [2.24, 2.45) is 11.7 Å². The van der Waals surface area contributed by atoms with Gasteiger partial charge < -0.3 is 5.73 Å². The molecular formula is C25H24N4O2S. The summed E-state index contributed by atoms with van der Waals surface area (Å²) in [6.45, 7) is 4.13. The molecule has 2 aromatic heterocycles. The quantitative estimate of drug-likeness (QED) is 0.583. The fraction of sp³-hybridized carbons (Fsp3) is 0.240. The van der Waals surface area contributed by atoms with E-state index in [0.717, 1.165) is 33.6 Å². The van der Waals surface area contributed by atoms with Gasteiger partial charge in [-0.3, -0.25) is 19.6 Å². The Labute approximate surface area is 190 Å². The van der Waals surface area contributed by atoms with Gasteiger partial charge in [-0.05, 0) is 58.0 Å². The first kappa shape index (κ1) is 20.5. The lowest BCUT2D eigenvalue weighted by atomic mass is 9.82. The van der Waals surface area contributed by atoms with Crippen LogP contribution >= 0.6 is 11.3 Å². The molecular weight excluding hydrogens is 420 g/mol. The van der Waals surface area contributed by atoms with Crippen molar-refractivity contribution in [3.05, 3.63) is 81.8 Å². The van der Waals surface area contributed by atoms with Crippen molar-refractivity contribution in [1.29, 1.82) is 0 Å². The normalized spacial score (nSPS) is 20.0. The van der Waals surface area contributed by atoms with Crippen LogP contribution in [0.2, 0.25) is 0 Å². The average Bonchev–Trinajstić information content (AvgIpc) is 3.52. The van der Waals surface area contributed by atoms with Gasteiger partial charge >= 0.3 is 0 Å². The summed E-state index contributed by atoms with van der Waals surface area (Å²) in [4.78, 5) is 27.6. The average molecular weight is 445 g/mol. The summed E-state index contributed by atoms with van der Waals surface area (Å²) in [6, 6.07) is 9.61. The van der Waals surface area contributed by atoms with Crippen molar-refractivity contribution in [2.75, 3.05) is 4.90 Å². The lowest BCUT2D eigenvalue weighted by Crippen LogP contribution is -2.35. The molecule has 0 radical (unpaired) electrons. The van der Waals surface area contributed by atoms with Gasteiger partial charge in [0.1, 0.15) is 0 Å². The Morgan fingerprint density at radius 2 is 2.00 bits per heavy atom. The van der Waals surface area contributed by atoms with E-state index < -0.39 is 12.0 Å². The van der Waals surface area contributed by atoms with Crippen LogP contribution in [-0.2, 0) is 4.79 Å². The second-order valence-electron chi connectivity index (χ2n) is 8.48. The number of allylic oxidation sites excluding steroid dienone is 3. The van der Waals surface area contributed by atoms with E-state index in [9.17, 15) is 9.59 Å². The van der Waals surface area contributed by atoms with Gasteiger partial charge in [0, 0.05) is 16.9 Å². The standard InChI is InChI=1S/C25H24N4O2S/c1-14(2)21-20-22(28-27-21)25(31)29(23(20)18-5-3-4-6-19(18)24(26)30)17-9-7-15(8-10-17)16-11-12-32-13-16/h3-5,7-14,19,23H,6H2,1-2H3,(H2,26,30)(H,27,28). The first-order valence-corrected chi connectivity index (χ1v) is 11.6. The van der Waals surface area contributed by atoms with E-state index in [-0.39, 0.29) is 17.7 Å². The molecule has 3 aromatic rings. The lowest BCUT2D eigenvalue weighted by Gasteiger charge is -2.32. The van der Waals surface area contributed by atoms with Crippen LogP contribution in [0.4, 0.5) is 5.69 Å². The number of nitrogens with one attached hydrogen (secondary N) is 1. The summed E-state index contributed by atoms with van der Waals surface area (Å²) in [5.41, 5.74) is 11.8. The van der Waals surface area contributed by atoms with Gasteiger partial charge in [-0.1, -0.05) is 44.2 Å². The van der Waals surface area contributed by atoms with Crippen LogP contribution in [0.1, 0.15) is 54.0 Å². The molecule has 3 heterocycles. The number of H-pyrrole nitrogens is 1. The molecule has 0 saturated carbocycles. The van der Waals surface area contributed by atoms with Gasteiger partial charge in [0.2, 0.25) is 5.91 Å². The molecule has 0 fully saturated rings. The van der Waals surface area contributed by atoms with Crippen molar-refractivity contribution in [3.63, 3.8) is 0 Å². The minimum absolute atomic E-state index is 0.147. The Morgan fingerprint density at radius 1 is 1.22 bits per heavy atom. The molecule has 5 rings (SSSR count). The zero-order valence-electron chi connectivity index (χ0n) is 17.9. The first-order valence-electron chi connectivity index (χ1n) is 10.7. The number of aromatic amines is 1. The van der Waals surface area contributed by atoms with E-state index in [1.807, 2.05) is 47.9 Å². The third-order valence-electron chi connectivity index (χ3n) is 6.22. The molecule has 6 nitrogen and oxygen atoms in total. The van der Waals surface area contributed by atoms with E-state index >= 15 is 0 Å². The molecule has 2 aliphatic rings. The van der Waals surface area contributed by atoms with Gasteiger partial charge in [0.05, 0.1) is 12.0 Å². The van der Waals surface area contributed by atoms with E-state index in [0.29, 0.717) is 12.1 Å². The molecule has 0 saturated heterocycles. The fourth-order valence-electron chi connectivity index (χ4n) is 4.64. The summed E-state index contributed by atoms with van der Waals surface area (Å²) in [5.74, 6) is -0.876. The van der Waals surface area contributed by atoms with Crippen LogP contribution in [-0.4, -0.2) is 22.0 Å². The number of carbonyl (C=O) groups excluding carboxylic acids is 2. The van der Waals surface area contributed by atoms with Crippen LogP contribution in [0.25, 0.3) is 11.1 Å². The number of amides is 2. The van der Waals surface area contributed by atoms with E-state index in [1.165, 1.54) is 0 Å². The van der Waals surface area contributed by atoms with Gasteiger partial charge in [0.25, 0.3) is 5.91 Å². The summed E-state index contributed by atoms with van der Waals surface area (Å²) >= 11 is 1.65. The summed E-state index contributed by atoms with van der Waals surface area (Å²) in [6.07, 6.45) is 6.33. The van der Waals surface area contributed by atoms with Crippen molar-refractivity contribution in [2.45, 2.75) is 32.2 Å². The molecule has 2 amide bonds. The minimum Gasteiger partial charge on any atom is -0.369 e. The van der Waals surface area contributed by atoms with Crippen LogP contribution in [0, 0.1) is 5.92 Å². The van der Waals surface area contributed by atoms with Crippen molar-refractivity contribution >= 4 is 28.8 Å². The lowest BCUT2D eigenvalue weighted by molar-refractivity contribution is -0.120. The molecule has 0 spiro atoms. The third-order valence-corrected chi connectivity index (χ3v) is 6.91. The Kier molecular flexibility index (Phi) is 5.06. The molecule has 0 bridgehead atoms. The Bertz CT molecular complexity index is 1240. The molecule has 1 aromatic carbocycles. The molecule has 2 atom stereocenters. The Balaban J connectivity index is 1.64. The number of nitrogens with two attached hydrogens (primary N) is 1.